The number of hydrogen-bond donors (Lipinski definition) is 0. The third-order valence-corrected chi connectivity index (χ3v) is 5.06. The Hall–Kier alpha value is -3.04. The third kappa shape index (κ3) is 3.73. The Labute approximate surface area is 177 Å². The second kappa shape index (κ2) is 8.00. The quantitative estimate of drug-likeness (QED) is 0.446. The van der Waals surface area contributed by atoms with Crippen molar-refractivity contribution in [2.45, 2.75) is 32.8 Å². The summed E-state index contributed by atoms with van der Waals surface area (Å²) in [4.78, 5) is 21.5. The molecule has 0 saturated carbocycles. The molecule has 0 aliphatic carbocycles. The molecule has 0 aromatic carbocycles. The van der Waals surface area contributed by atoms with E-state index in [4.69, 9.17) is 21.1 Å². The average molecular weight is 429 g/mol. The third-order valence-electron chi connectivity index (χ3n) is 4.90. The van der Waals surface area contributed by atoms with Crippen molar-refractivity contribution in [3.8, 4) is 5.75 Å². The highest BCUT2D eigenvalue weighted by molar-refractivity contribution is 6.28. The number of aromatic nitrogens is 6. The first kappa shape index (κ1) is 20.2. The highest BCUT2D eigenvalue weighted by atomic mass is 35.5. The van der Waals surface area contributed by atoms with Crippen molar-refractivity contribution >= 4 is 28.7 Å². The molecule has 0 N–H and O–H groups in total. The molecule has 0 spiro atoms. The number of carbonyl (C=O) groups is 1. The highest BCUT2D eigenvalue weighted by Crippen LogP contribution is 2.24. The molecule has 1 atom stereocenters. The van der Waals surface area contributed by atoms with Gasteiger partial charge in [-0.15, -0.1) is 5.10 Å². The van der Waals surface area contributed by atoms with Crippen LogP contribution in [0.4, 0.5) is 0 Å². The normalized spacial score (nSPS) is 12.6. The van der Waals surface area contributed by atoms with Gasteiger partial charge in [0.05, 0.1) is 24.6 Å². The van der Waals surface area contributed by atoms with Gasteiger partial charge in [-0.25, -0.2) is 14.0 Å². The maximum absolute atomic E-state index is 12.9. The monoisotopic (exact) mass is 428 g/mol. The van der Waals surface area contributed by atoms with Crippen molar-refractivity contribution in [2.24, 2.45) is 0 Å². The van der Waals surface area contributed by atoms with Crippen molar-refractivity contribution in [1.29, 1.82) is 0 Å². The molecule has 4 heterocycles. The molecule has 0 saturated heterocycles. The zero-order chi connectivity index (χ0) is 21.4. The van der Waals surface area contributed by atoms with Crippen LogP contribution in [0.15, 0.2) is 24.5 Å². The molecule has 0 unspecified atom stereocenters. The fourth-order valence-corrected chi connectivity index (χ4v) is 3.68. The largest absolute Gasteiger partial charge is 0.493 e. The maximum Gasteiger partial charge on any atom is 0.243 e. The lowest BCUT2D eigenvalue weighted by molar-refractivity contribution is -0.117. The van der Waals surface area contributed by atoms with E-state index < -0.39 is 0 Å². The standard InChI is InChI=1S/C20H21ClN6O3/c1-11-5-17-22-9-14(18(12(2)29-3)27(17)24-11)8-15(28)6-13-7-16(30-4)19-23-20(21)25-26(19)10-13/h5,7,9-10,12H,6,8H2,1-4H3/t12-/m0/s1. The van der Waals surface area contributed by atoms with Gasteiger partial charge >= 0.3 is 0 Å². The zero-order valence-electron chi connectivity index (χ0n) is 17.1. The van der Waals surface area contributed by atoms with E-state index >= 15 is 0 Å². The molecule has 0 radical (unpaired) electrons. The van der Waals surface area contributed by atoms with Gasteiger partial charge in [-0.05, 0) is 37.1 Å². The molecule has 10 heteroatoms. The van der Waals surface area contributed by atoms with Gasteiger partial charge in [-0.3, -0.25) is 4.79 Å². The summed E-state index contributed by atoms with van der Waals surface area (Å²) in [6.45, 7) is 3.83. The number of ketones is 1. The fraction of sp³-hybridized carbons (Fsp3) is 0.350. The van der Waals surface area contributed by atoms with E-state index in [1.807, 2.05) is 19.9 Å². The predicted octanol–water partition coefficient (Wildman–Crippen LogP) is 2.80. The number of halogens is 1. The van der Waals surface area contributed by atoms with Gasteiger partial charge in [-0.2, -0.15) is 10.1 Å². The Morgan fingerprint density at radius 1 is 1.23 bits per heavy atom. The number of aryl methyl sites for hydroxylation is 1. The Morgan fingerprint density at radius 2 is 2.03 bits per heavy atom. The number of fused-ring (bicyclic) bond motifs is 2. The number of Topliss-reactive ketones (excluding diaryl/α,β-unsaturated/α-hetero) is 1. The molecule has 0 aliphatic heterocycles. The minimum Gasteiger partial charge on any atom is -0.493 e. The number of methoxy groups -OCH3 is 2. The van der Waals surface area contributed by atoms with Crippen LogP contribution in [0.1, 0.15) is 35.5 Å². The van der Waals surface area contributed by atoms with E-state index in [0.29, 0.717) is 11.4 Å². The van der Waals surface area contributed by atoms with Gasteiger partial charge in [0.25, 0.3) is 0 Å². The summed E-state index contributed by atoms with van der Waals surface area (Å²) in [5.41, 5.74) is 4.42. The van der Waals surface area contributed by atoms with Gasteiger partial charge in [0.15, 0.2) is 17.0 Å². The van der Waals surface area contributed by atoms with E-state index in [2.05, 4.69) is 20.2 Å². The molecule has 0 fully saturated rings. The Morgan fingerprint density at radius 3 is 2.77 bits per heavy atom. The molecule has 156 valence electrons. The van der Waals surface area contributed by atoms with E-state index in [0.717, 1.165) is 28.2 Å². The van der Waals surface area contributed by atoms with Crippen molar-refractivity contribution in [3.05, 3.63) is 52.3 Å². The lowest BCUT2D eigenvalue weighted by atomic mass is 10.0. The molecular formula is C20H21ClN6O3. The average Bonchev–Trinajstić information content (AvgIpc) is 3.27. The number of pyridine rings is 1. The van der Waals surface area contributed by atoms with Crippen LogP contribution in [-0.2, 0) is 22.4 Å². The van der Waals surface area contributed by atoms with Crippen molar-refractivity contribution in [1.82, 2.24) is 29.2 Å². The molecular weight excluding hydrogens is 408 g/mol. The topological polar surface area (TPSA) is 95.9 Å². The minimum absolute atomic E-state index is 0.0113. The van der Waals surface area contributed by atoms with Crippen molar-refractivity contribution in [3.63, 3.8) is 0 Å². The van der Waals surface area contributed by atoms with Gasteiger partial charge in [-0.1, -0.05) is 0 Å². The summed E-state index contributed by atoms with van der Waals surface area (Å²) in [5, 5.41) is 8.72. The molecule has 4 aromatic heterocycles. The summed E-state index contributed by atoms with van der Waals surface area (Å²) in [6, 6.07) is 3.66. The van der Waals surface area contributed by atoms with Crippen LogP contribution in [0.2, 0.25) is 5.28 Å². The number of carbonyl (C=O) groups excluding carboxylic acids is 1. The number of hydrogen-bond acceptors (Lipinski definition) is 7. The lowest BCUT2D eigenvalue weighted by Crippen LogP contribution is -2.15. The van der Waals surface area contributed by atoms with Crippen molar-refractivity contribution in [2.75, 3.05) is 14.2 Å². The lowest BCUT2D eigenvalue weighted by Gasteiger charge is -2.16. The Kier molecular flexibility index (Phi) is 5.40. The Balaban J connectivity index is 1.64. The van der Waals surface area contributed by atoms with Gasteiger partial charge in [0, 0.05) is 44.0 Å². The van der Waals surface area contributed by atoms with Crippen LogP contribution in [0, 0.1) is 6.92 Å². The maximum atomic E-state index is 12.9. The molecule has 4 aromatic rings. The van der Waals surface area contributed by atoms with Crippen LogP contribution in [0.3, 0.4) is 0 Å². The number of nitrogens with zero attached hydrogens (tertiary/aromatic N) is 6. The second-order valence-corrected chi connectivity index (χ2v) is 7.40. The van der Waals surface area contributed by atoms with Gasteiger partial charge in [0.2, 0.25) is 5.28 Å². The molecule has 0 bridgehead atoms. The Bertz CT molecular complexity index is 1250. The summed E-state index contributed by atoms with van der Waals surface area (Å²) < 4.78 is 14.2. The zero-order valence-corrected chi connectivity index (χ0v) is 17.8. The van der Waals surface area contributed by atoms with E-state index in [1.54, 1.807) is 30.1 Å². The fourth-order valence-electron chi connectivity index (χ4n) is 3.51. The minimum atomic E-state index is -0.244. The highest BCUT2D eigenvalue weighted by Gasteiger charge is 2.20. The van der Waals surface area contributed by atoms with Crippen molar-refractivity contribution < 1.29 is 14.3 Å². The van der Waals surface area contributed by atoms with Gasteiger partial charge < -0.3 is 9.47 Å². The van der Waals surface area contributed by atoms with E-state index in [-0.39, 0.29) is 30.0 Å². The molecule has 0 aliphatic rings. The van der Waals surface area contributed by atoms with E-state index in [1.165, 1.54) is 11.6 Å². The first-order valence-electron chi connectivity index (χ1n) is 9.37. The first-order chi connectivity index (χ1) is 14.4. The molecule has 9 nitrogen and oxygen atoms in total. The van der Waals surface area contributed by atoms with Crippen LogP contribution in [0.25, 0.3) is 11.3 Å². The summed E-state index contributed by atoms with van der Waals surface area (Å²) >= 11 is 5.90. The molecule has 4 rings (SSSR count). The van der Waals surface area contributed by atoms with Gasteiger partial charge in [0.1, 0.15) is 5.78 Å². The number of rotatable bonds is 7. The van der Waals surface area contributed by atoms with E-state index in [9.17, 15) is 4.79 Å². The first-order valence-corrected chi connectivity index (χ1v) is 9.74. The smallest absolute Gasteiger partial charge is 0.243 e. The van der Waals surface area contributed by atoms with Crippen LogP contribution < -0.4 is 4.74 Å². The number of ether oxygens (including phenoxy) is 2. The van der Waals surface area contributed by atoms with Crippen LogP contribution in [0.5, 0.6) is 5.75 Å². The van der Waals surface area contributed by atoms with Crippen LogP contribution in [-0.4, -0.2) is 49.2 Å². The molecule has 30 heavy (non-hydrogen) atoms. The summed E-state index contributed by atoms with van der Waals surface area (Å²) in [6.07, 6.45) is 3.60. The summed E-state index contributed by atoms with van der Waals surface area (Å²) in [5.74, 6) is 0.515. The SMILES string of the molecule is COc1cc(CC(=O)Cc2cnc3cc(C)nn3c2[C@H](C)OC)cn2nc(Cl)nc12. The summed E-state index contributed by atoms with van der Waals surface area (Å²) in [7, 11) is 3.17. The second-order valence-electron chi connectivity index (χ2n) is 7.06. The molecule has 0 amide bonds. The predicted molar refractivity (Wildman–Crippen MR) is 110 cm³/mol. The van der Waals surface area contributed by atoms with Crippen LogP contribution >= 0.6 is 11.6 Å².